The molecule has 0 unspecified atom stereocenters. The number of amides is 1. The van der Waals surface area contributed by atoms with Crippen molar-refractivity contribution < 1.29 is 4.79 Å². The third-order valence-corrected chi connectivity index (χ3v) is 3.88. The molecule has 0 radical (unpaired) electrons. The van der Waals surface area contributed by atoms with Crippen molar-refractivity contribution in [3.8, 4) is 0 Å². The van der Waals surface area contributed by atoms with E-state index < -0.39 is 0 Å². The Hall–Kier alpha value is -0.640. The monoisotopic (exact) mass is 270 g/mol. The van der Waals surface area contributed by atoms with Gasteiger partial charge in [-0.2, -0.15) is 0 Å². The lowest BCUT2D eigenvalue weighted by molar-refractivity contribution is -0.136. The lowest BCUT2D eigenvalue weighted by atomic mass is 9.88. The summed E-state index contributed by atoms with van der Waals surface area (Å²) in [6.45, 7) is 3.70. The zero-order valence-electron chi connectivity index (χ0n) is 11.5. The molecule has 0 aromatic carbocycles. The highest BCUT2D eigenvalue weighted by Gasteiger charge is 2.25. The summed E-state index contributed by atoms with van der Waals surface area (Å²) in [4.78, 5) is 15.0. The van der Waals surface area contributed by atoms with Gasteiger partial charge in [0, 0.05) is 25.4 Å². The van der Waals surface area contributed by atoms with Crippen molar-refractivity contribution in [2.75, 3.05) is 13.1 Å². The molecule has 1 aliphatic rings. The molecule has 0 bridgehead atoms. The van der Waals surface area contributed by atoms with E-state index in [1.807, 2.05) is 4.90 Å². The first-order chi connectivity index (χ1) is 8.65. The molecule has 4 heteroatoms. The summed E-state index contributed by atoms with van der Waals surface area (Å²) in [7, 11) is 0. The number of carbonyl (C=O) groups excluding carboxylic acids is 1. The number of rotatable bonds is 7. The molecule has 104 valence electrons. The van der Waals surface area contributed by atoms with Crippen LogP contribution in [-0.4, -0.2) is 28.9 Å². The average molecular weight is 270 g/mol. The molecule has 0 aromatic rings. The normalized spacial score (nSPS) is 16.5. The summed E-state index contributed by atoms with van der Waals surface area (Å²) >= 11 is 4.91. The third kappa shape index (κ3) is 5.34. The second kappa shape index (κ2) is 8.46. The van der Waals surface area contributed by atoms with Crippen LogP contribution in [0.3, 0.4) is 0 Å². The molecule has 18 heavy (non-hydrogen) atoms. The first kappa shape index (κ1) is 15.4. The van der Waals surface area contributed by atoms with Gasteiger partial charge in [-0.25, -0.2) is 0 Å². The van der Waals surface area contributed by atoms with E-state index in [-0.39, 0.29) is 5.92 Å². The van der Waals surface area contributed by atoms with Gasteiger partial charge in [0.15, 0.2) is 0 Å². The highest BCUT2D eigenvalue weighted by molar-refractivity contribution is 7.80. The fourth-order valence-electron chi connectivity index (χ4n) is 2.53. The van der Waals surface area contributed by atoms with Gasteiger partial charge in [-0.05, 0) is 19.3 Å². The molecule has 1 fully saturated rings. The second-order valence-corrected chi connectivity index (χ2v) is 5.75. The van der Waals surface area contributed by atoms with Crippen LogP contribution >= 0.6 is 12.2 Å². The molecule has 1 aliphatic carbocycles. The minimum atomic E-state index is 0.252. The second-order valence-electron chi connectivity index (χ2n) is 5.23. The molecule has 0 atom stereocenters. The maximum atomic E-state index is 12.5. The zero-order chi connectivity index (χ0) is 13.4. The van der Waals surface area contributed by atoms with Crippen LogP contribution < -0.4 is 5.73 Å². The van der Waals surface area contributed by atoms with E-state index in [9.17, 15) is 4.79 Å². The van der Waals surface area contributed by atoms with Crippen LogP contribution in [0, 0.1) is 5.92 Å². The van der Waals surface area contributed by atoms with Gasteiger partial charge in [0.1, 0.15) is 0 Å². The molecule has 0 heterocycles. The molecule has 0 spiro atoms. The standard InChI is InChI=1S/C14H26N2OS/c1-2-3-10-16(11-9-13(15)18)14(17)12-7-5-4-6-8-12/h12H,2-11H2,1H3,(H2,15,18). The van der Waals surface area contributed by atoms with Gasteiger partial charge in [0.2, 0.25) is 5.91 Å². The fourth-order valence-corrected chi connectivity index (χ4v) is 2.63. The average Bonchev–Trinajstić information content (AvgIpc) is 2.39. The summed E-state index contributed by atoms with van der Waals surface area (Å²) in [5, 5.41) is 0. The number of unbranched alkanes of at least 4 members (excludes halogenated alkanes) is 1. The quantitative estimate of drug-likeness (QED) is 0.724. The van der Waals surface area contributed by atoms with Gasteiger partial charge in [0.05, 0.1) is 4.99 Å². The topological polar surface area (TPSA) is 46.3 Å². The molecular weight excluding hydrogens is 244 g/mol. The summed E-state index contributed by atoms with van der Waals surface area (Å²) in [5.74, 6) is 0.585. The fraction of sp³-hybridized carbons (Fsp3) is 0.857. The summed E-state index contributed by atoms with van der Waals surface area (Å²) in [5.41, 5.74) is 5.54. The minimum absolute atomic E-state index is 0.252. The molecule has 2 N–H and O–H groups in total. The number of carbonyl (C=O) groups is 1. The molecule has 1 saturated carbocycles. The summed E-state index contributed by atoms with van der Waals surface area (Å²) in [6, 6.07) is 0. The van der Waals surface area contributed by atoms with Gasteiger partial charge in [-0.1, -0.05) is 44.8 Å². The smallest absolute Gasteiger partial charge is 0.225 e. The number of hydrogen-bond donors (Lipinski definition) is 1. The number of nitrogens with zero attached hydrogens (tertiary/aromatic N) is 1. The van der Waals surface area contributed by atoms with E-state index in [0.29, 0.717) is 23.9 Å². The summed E-state index contributed by atoms with van der Waals surface area (Å²) < 4.78 is 0. The maximum absolute atomic E-state index is 12.5. The van der Waals surface area contributed by atoms with Crippen molar-refractivity contribution in [1.82, 2.24) is 4.90 Å². The number of nitrogens with two attached hydrogens (primary N) is 1. The lowest BCUT2D eigenvalue weighted by Crippen LogP contribution is -2.39. The van der Waals surface area contributed by atoms with Crippen molar-refractivity contribution in [1.29, 1.82) is 0 Å². The van der Waals surface area contributed by atoms with Gasteiger partial charge >= 0.3 is 0 Å². The van der Waals surface area contributed by atoms with E-state index in [0.717, 1.165) is 32.2 Å². The van der Waals surface area contributed by atoms with E-state index in [2.05, 4.69) is 6.92 Å². The van der Waals surface area contributed by atoms with Crippen LogP contribution in [0.1, 0.15) is 58.3 Å². The Balaban J connectivity index is 2.50. The Bertz CT molecular complexity index is 275. The van der Waals surface area contributed by atoms with E-state index in [1.54, 1.807) is 0 Å². The Labute approximate surface area is 116 Å². The minimum Gasteiger partial charge on any atom is -0.393 e. The Kier molecular flexibility index (Phi) is 7.25. The predicted octanol–water partition coefficient (Wildman–Crippen LogP) is 2.87. The van der Waals surface area contributed by atoms with Crippen LogP contribution in [0.4, 0.5) is 0 Å². The van der Waals surface area contributed by atoms with E-state index in [1.165, 1.54) is 19.3 Å². The van der Waals surface area contributed by atoms with Gasteiger partial charge in [-0.15, -0.1) is 0 Å². The zero-order valence-corrected chi connectivity index (χ0v) is 12.3. The van der Waals surface area contributed by atoms with Crippen LogP contribution in [0.25, 0.3) is 0 Å². The molecular formula is C14H26N2OS. The molecule has 1 amide bonds. The van der Waals surface area contributed by atoms with Gasteiger partial charge < -0.3 is 10.6 Å². The van der Waals surface area contributed by atoms with Crippen LogP contribution in [0.5, 0.6) is 0 Å². The Morgan fingerprint density at radius 2 is 1.94 bits per heavy atom. The Morgan fingerprint density at radius 1 is 1.28 bits per heavy atom. The SMILES string of the molecule is CCCCN(CCC(N)=S)C(=O)C1CCCCC1. The Morgan fingerprint density at radius 3 is 2.50 bits per heavy atom. The lowest BCUT2D eigenvalue weighted by Gasteiger charge is -2.29. The molecule has 3 nitrogen and oxygen atoms in total. The van der Waals surface area contributed by atoms with E-state index in [4.69, 9.17) is 18.0 Å². The van der Waals surface area contributed by atoms with Crippen LogP contribution in [0.2, 0.25) is 0 Å². The highest BCUT2D eigenvalue weighted by Crippen LogP contribution is 2.25. The molecule has 0 aliphatic heterocycles. The van der Waals surface area contributed by atoms with Gasteiger partial charge in [-0.3, -0.25) is 4.79 Å². The van der Waals surface area contributed by atoms with Gasteiger partial charge in [0.25, 0.3) is 0 Å². The van der Waals surface area contributed by atoms with E-state index >= 15 is 0 Å². The predicted molar refractivity (Wildman–Crippen MR) is 79.5 cm³/mol. The highest BCUT2D eigenvalue weighted by atomic mass is 32.1. The van der Waals surface area contributed by atoms with Crippen molar-refractivity contribution in [3.05, 3.63) is 0 Å². The number of thiocarbonyl (C=S) groups is 1. The molecule has 0 aromatic heterocycles. The maximum Gasteiger partial charge on any atom is 0.225 e. The molecule has 0 saturated heterocycles. The first-order valence-corrected chi connectivity index (χ1v) is 7.63. The van der Waals surface area contributed by atoms with Crippen molar-refractivity contribution in [2.24, 2.45) is 11.7 Å². The van der Waals surface area contributed by atoms with Crippen molar-refractivity contribution in [3.63, 3.8) is 0 Å². The van der Waals surface area contributed by atoms with Crippen molar-refractivity contribution >= 4 is 23.1 Å². The van der Waals surface area contributed by atoms with Crippen molar-refractivity contribution in [2.45, 2.75) is 58.3 Å². The molecule has 1 rings (SSSR count). The number of hydrogen-bond acceptors (Lipinski definition) is 2. The third-order valence-electron chi connectivity index (χ3n) is 3.68. The van der Waals surface area contributed by atoms with Crippen LogP contribution in [-0.2, 0) is 4.79 Å². The largest absolute Gasteiger partial charge is 0.393 e. The first-order valence-electron chi connectivity index (χ1n) is 7.22. The summed E-state index contributed by atoms with van der Waals surface area (Å²) in [6.07, 6.45) is 8.64. The van der Waals surface area contributed by atoms with Crippen LogP contribution in [0.15, 0.2) is 0 Å².